The predicted octanol–water partition coefficient (Wildman–Crippen LogP) is 3.37. The number of amides is 1. The van der Waals surface area contributed by atoms with Crippen LogP contribution in [-0.4, -0.2) is 11.0 Å². The van der Waals surface area contributed by atoms with Gasteiger partial charge in [0.1, 0.15) is 5.76 Å². The summed E-state index contributed by atoms with van der Waals surface area (Å²) >= 11 is 5.09. The molecule has 0 aliphatic heterocycles. The molecule has 5 heteroatoms. The second-order valence-electron chi connectivity index (χ2n) is 4.34. The van der Waals surface area contributed by atoms with Crippen LogP contribution in [0.4, 0.5) is 5.69 Å². The maximum Gasteiger partial charge on any atom is 0.250 e. The Labute approximate surface area is 128 Å². The van der Waals surface area contributed by atoms with E-state index in [1.807, 2.05) is 24.3 Å². The van der Waals surface area contributed by atoms with Crippen molar-refractivity contribution in [1.82, 2.24) is 5.32 Å². The number of rotatable bonds is 4. The molecular weight excluding hydrogens is 284 g/mol. The van der Waals surface area contributed by atoms with Crippen LogP contribution in [0, 0.1) is 0 Å². The summed E-state index contributed by atoms with van der Waals surface area (Å²) in [5, 5.41) is 5.79. The van der Waals surface area contributed by atoms with Gasteiger partial charge in [-0.15, -0.1) is 0 Å². The van der Waals surface area contributed by atoms with Crippen molar-refractivity contribution in [2.75, 3.05) is 5.32 Å². The Morgan fingerprint density at radius 2 is 2.05 bits per heavy atom. The maximum absolute atomic E-state index is 11.7. The Morgan fingerprint density at radius 3 is 2.67 bits per heavy atom. The highest BCUT2D eigenvalue weighted by molar-refractivity contribution is 7.80. The fourth-order valence-electron chi connectivity index (χ4n) is 1.68. The van der Waals surface area contributed by atoms with Gasteiger partial charge in [0.2, 0.25) is 5.91 Å². The minimum atomic E-state index is -0.311. The number of anilines is 1. The number of furan rings is 1. The highest BCUT2D eigenvalue weighted by Gasteiger charge is 2.02. The summed E-state index contributed by atoms with van der Waals surface area (Å²) in [4.78, 5) is 11.7. The number of carbonyl (C=O) groups is 1. The lowest BCUT2D eigenvalue weighted by Crippen LogP contribution is -2.32. The molecule has 108 valence electrons. The van der Waals surface area contributed by atoms with E-state index in [-0.39, 0.29) is 11.0 Å². The zero-order valence-electron chi connectivity index (χ0n) is 11.6. The number of thiocarbonyl (C=S) groups is 1. The van der Waals surface area contributed by atoms with Gasteiger partial charge in [0.25, 0.3) is 0 Å². The first-order chi connectivity index (χ1) is 10.2. The second kappa shape index (κ2) is 7.40. The number of benzene rings is 1. The molecule has 2 N–H and O–H groups in total. The first kappa shape index (κ1) is 15.0. The SMILES string of the molecule is CCc1ccc(NC(=S)NC(=O)/C=C/c2ccco2)cc1. The summed E-state index contributed by atoms with van der Waals surface area (Å²) in [6.45, 7) is 2.10. The van der Waals surface area contributed by atoms with Crippen molar-refractivity contribution < 1.29 is 9.21 Å². The van der Waals surface area contributed by atoms with Crippen LogP contribution in [0.15, 0.2) is 53.2 Å². The van der Waals surface area contributed by atoms with E-state index in [1.165, 1.54) is 11.6 Å². The molecule has 0 aliphatic rings. The van der Waals surface area contributed by atoms with Gasteiger partial charge in [0, 0.05) is 11.8 Å². The van der Waals surface area contributed by atoms with Gasteiger partial charge in [-0.2, -0.15) is 0 Å². The van der Waals surface area contributed by atoms with Crippen molar-refractivity contribution in [3.05, 3.63) is 60.1 Å². The minimum Gasteiger partial charge on any atom is -0.465 e. The molecule has 1 aromatic heterocycles. The molecule has 4 nitrogen and oxygen atoms in total. The predicted molar refractivity (Wildman–Crippen MR) is 87.9 cm³/mol. The smallest absolute Gasteiger partial charge is 0.250 e. The molecule has 0 radical (unpaired) electrons. The molecule has 0 aliphatic carbocycles. The van der Waals surface area contributed by atoms with Crippen molar-refractivity contribution in [3.63, 3.8) is 0 Å². The average Bonchev–Trinajstić information content (AvgIpc) is 2.99. The summed E-state index contributed by atoms with van der Waals surface area (Å²) in [5.41, 5.74) is 2.09. The minimum absolute atomic E-state index is 0.258. The zero-order chi connectivity index (χ0) is 15.1. The van der Waals surface area contributed by atoms with Crippen LogP contribution in [0.3, 0.4) is 0 Å². The van der Waals surface area contributed by atoms with Crippen LogP contribution in [0.2, 0.25) is 0 Å². The summed E-state index contributed by atoms with van der Waals surface area (Å²) in [6.07, 6.45) is 5.48. The van der Waals surface area contributed by atoms with Gasteiger partial charge in [-0.1, -0.05) is 19.1 Å². The summed E-state index contributed by atoms with van der Waals surface area (Å²) < 4.78 is 5.09. The van der Waals surface area contributed by atoms with Crippen LogP contribution in [0.25, 0.3) is 6.08 Å². The lowest BCUT2D eigenvalue weighted by atomic mass is 10.1. The van der Waals surface area contributed by atoms with E-state index in [0.29, 0.717) is 5.76 Å². The Kier molecular flexibility index (Phi) is 5.29. The molecule has 0 saturated carbocycles. The second-order valence-corrected chi connectivity index (χ2v) is 4.75. The summed E-state index contributed by atoms with van der Waals surface area (Å²) in [6, 6.07) is 11.4. The summed E-state index contributed by atoms with van der Waals surface area (Å²) in [5.74, 6) is 0.299. The summed E-state index contributed by atoms with van der Waals surface area (Å²) in [7, 11) is 0. The number of nitrogens with one attached hydrogen (secondary N) is 2. The Morgan fingerprint density at radius 1 is 1.29 bits per heavy atom. The van der Waals surface area contributed by atoms with Crippen LogP contribution in [0.5, 0.6) is 0 Å². The average molecular weight is 300 g/mol. The molecular formula is C16H16N2O2S. The lowest BCUT2D eigenvalue weighted by molar-refractivity contribution is -0.115. The van der Waals surface area contributed by atoms with Crippen LogP contribution in [0.1, 0.15) is 18.2 Å². The van der Waals surface area contributed by atoms with Crippen molar-refractivity contribution in [2.24, 2.45) is 0 Å². The standard InChI is InChI=1S/C16H16N2O2S/c1-2-12-5-7-13(8-6-12)17-16(21)18-15(19)10-9-14-4-3-11-20-14/h3-11H,2H2,1H3,(H2,17,18,19,21)/b10-9+. The van der Waals surface area contributed by atoms with E-state index in [2.05, 4.69) is 17.6 Å². The van der Waals surface area contributed by atoms with Gasteiger partial charge in [0.15, 0.2) is 5.11 Å². The van der Waals surface area contributed by atoms with E-state index < -0.39 is 0 Å². The van der Waals surface area contributed by atoms with Crippen LogP contribution >= 0.6 is 12.2 Å². The van der Waals surface area contributed by atoms with Gasteiger partial charge in [-0.3, -0.25) is 10.1 Å². The largest absolute Gasteiger partial charge is 0.465 e. The fourth-order valence-corrected chi connectivity index (χ4v) is 1.90. The molecule has 1 amide bonds. The van der Waals surface area contributed by atoms with Gasteiger partial charge in [0.05, 0.1) is 6.26 Å². The molecule has 0 fully saturated rings. The molecule has 1 aromatic carbocycles. The van der Waals surface area contributed by atoms with Crippen molar-refractivity contribution in [1.29, 1.82) is 0 Å². The Bertz CT molecular complexity index is 631. The third-order valence-electron chi connectivity index (χ3n) is 2.80. The van der Waals surface area contributed by atoms with E-state index >= 15 is 0 Å². The fraction of sp³-hybridized carbons (Fsp3) is 0.125. The quantitative estimate of drug-likeness (QED) is 0.671. The number of aryl methyl sites for hydroxylation is 1. The highest BCUT2D eigenvalue weighted by Crippen LogP contribution is 2.09. The topological polar surface area (TPSA) is 54.3 Å². The van der Waals surface area contributed by atoms with Crippen LogP contribution < -0.4 is 10.6 Å². The van der Waals surface area contributed by atoms with Gasteiger partial charge in [-0.25, -0.2) is 0 Å². The first-order valence-corrected chi connectivity index (χ1v) is 7.00. The Balaban J connectivity index is 1.84. The van der Waals surface area contributed by atoms with Gasteiger partial charge >= 0.3 is 0 Å². The van der Waals surface area contributed by atoms with Gasteiger partial charge in [-0.05, 0) is 54.5 Å². The number of hydrogen-bond acceptors (Lipinski definition) is 3. The zero-order valence-corrected chi connectivity index (χ0v) is 12.4. The van der Waals surface area contributed by atoms with E-state index in [0.717, 1.165) is 12.1 Å². The number of carbonyl (C=O) groups excluding carboxylic acids is 1. The van der Waals surface area contributed by atoms with Crippen molar-refractivity contribution in [3.8, 4) is 0 Å². The molecule has 0 atom stereocenters. The third kappa shape index (κ3) is 4.89. The molecule has 1 heterocycles. The normalized spacial score (nSPS) is 10.5. The molecule has 0 unspecified atom stereocenters. The molecule has 0 saturated heterocycles. The van der Waals surface area contributed by atoms with E-state index in [9.17, 15) is 4.79 Å². The highest BCUT2D eigenvalue weighted by atomic mass is 32.1. The monoisotopic (exact) mass is 300 g/mol. The molecule has 21 heavy (non-hydrogen) atoms. The molecule has 2 aromatic rings. The molecule has 0 spiro atoms. The third-order valence-corrected chi connectivity index (χ3v) is 3.00. The maximum atomic E-state index is 11.7. The Hall–Kier alpha value is -2.40. The molecule has 0 bridgehead atoms. The van der Waals surface area contributed by atoms with Crippen molar-refractivity contribution >= 4 is 35.0 Å². The number of hydrogen-bond donors (Lipinski definition) is 2. The van der Waals surface area contributed by atoms with E-state index in [1.54, 1.807) is 24.5 Å². The lowest BCUT2D eigenvalue weighted by Gasteiger charge is -2.08. The van der Waals surface area contributed by atoms with Gasteiger partial charge < -0.3 is 9.73 Å². The molecule has 2 rings (SSSR count). The van der Waals surface area contributed by atoms with Crippen molar-refractivity contribution in [2.45, 2.75) is 13.3 Å². The van der Waals surface area contributed by atoms with Crippen LogP contribution in [-0.2, 0) is 11.2 Å². The van der Waals surface area contributed by atoms with E-state index in [4.69, 9.17) is 16.6 Å². The first-order valence-electron chi connectivity index (χ1n) is 6.60.